The highest BCUT2D eigenvalue weighted by molar-refractivity contribution is 6.35. The van der Waals surface area contributed by atoms with Crippen molar-refractivity contribution in [1.82, 2.24) is 4.68 Å². The molecule has 0 saturated heterocycles. The molecule has 0 atom stereocenters. The molecule has 1 N–H and O–H groups in total. The van der Waals surface area contributed by atoms with Crippen LogP contribution in [0.2, 0.25) is 10.0 Å². The van der Waals surface area contributed by atoms with E-state index in [0.29, 0.717) is 28.7 Å². The molecule has 0 saturated carbocycles. The maximum Gasteiger partial charge on any atom is 0.181 e. The molecule has 1 heterocycles. The minimum absolute atomic E-state index is 0.157. The molecular formula is C21H22Cl2N2O. The SMILES string of the molecule is CCCCCC(=O)c1cc2ccccc2n1NCc1ccc(Cl)cc1Cl. The van der Waals surface area contributed by atoms with Gasteiger partial charge in [-0.3, -0.25) is 9.47 Å². The van der Waals surface area contributed by atoms with Crippen LogP contribution in [0.1, 0.15) is 48.7 Å². The summed E-state index contributed by atoms with van der Waals surface area (Å²) in [4.78, 5) is 12.7. The highest BCUT2D eigenvalue weighted by Crippen LogP contribution is 2.23. The summed E-state index contributed by atoms with van der Waals surface area (Å²) in [5.74, 6) is 0.157. The van der Waals surface area contributed by atoms with Crippen LogP contribution >= 0.6 is 23.2 Å². The molecule has 0 amide bonds. The van der Waals surface area contributed by atoms with Gasteiger partial charge in [0.1, 0.15) is 5.69 Å². The van der Waals surface area contributed by atoms with E-state index in [1.807, 2.05) is 47.1 Å². The molecule has 5 heteroatoms. The third-order valence-corrected chi connectivity index (χ3v) is 5.03. The average molecular weight is 389 g/mol. The lowest BCUT2D eigenvalue weighted by Gasteiger charge is -2.14. The smallest absolute Gasteiger partial charge is 0.181 e. The van der Waals surface area contributed by atoms with E-state index in [9.17, 15) is 4.79 Å². The molecule has 3 rings (SSSR count). The summed E-state index contributed by atoms with van der Waals surface area (Å²) in [5.41, 5.74) is 5.95. The number of ketones is 1. The number of rotatable bonds is 8. The minimum atomic E-state index is 0.157. The Morgan fingerprint density at radius 3 is 2.65 bits per heavy atom. The summed E-state index contributed by atoms with van der Waals surface area (Å²) in [6.45, 7) is 2.64. The number of benzene rings is 2. The van der Waals surface area contributed by atoms with E-state index < -0.39 is 0 Å². The fourth-order valence-electron chi connectivity index (χ4n) is 3.02. The highest BCUT2D eigenvalue weighted by Gasteiger charge is 2.15. The van der Waals surface area contributed by atoms with E-state index in [0.717, 1.165) is 35.7 Å². The predicted octanol–water partition coefficient (Wildman–Crippen LogP) is 6.45. The Hall–Kier alpha value is -1.97. The molecule has 0 aliphatic carbocycles. The molecule has 1 aromatic heterocycles. The number of nitrogens with one attached hydrogen (secondary N) is 1. The third-order valence-electron chi connectivity index (χ3n) is 4.45. The number of para-hydroxylation sites is 1. The molecule has 0 aliphatic rings. The summed E-state index contributed by atoms with van der Waals surface area (Å²) >= 11 is 12.2. The normalized spacial score (nSPS) is 11.0. The number of hydrogen-bond donors (Lipinski definition) is 1. The number of nitrogens with zero attached hydrogens (tertiary/aromatic N) is 1. The van der Waals surface area contributed by atoms with Gasteiger partial charge in [0, 0.05) is 21.9 Å². The average Bonchev–Trinajstić information content (AvgIpc) is 3.00. The van der Waals surface area contributed by atoms with Crippen molar-refractivity contribution in [3.63, 3.8) is 0 Å². The Morgan fingerprint density at radius 2 is 1.88 bits per heavy atom. The summed E-state index contributed by atoms with van der Waals surface area (Å²) in [6, 6.07) is 15.4. The van der Waals surface area contributed by atoms with Crippen LogP contribution in [0.25, 0.3) is 10.9 Å². The number of hydrogen-bond acceptors (Lipinski definition) is 2. The summed E-state index contributed by atoms with van der Waals surface area (Å²) in [7, 11) is 0. The fourth-order valence-corrected chi connectivity index (χ4v) is 3.50. The Balaban J connectivity index is 1.87. The standard InChI is InChI=1S/C21H22Cl2N2O/c1-2-3-4-9-21(26)20-12-15-7-5-6-8-19(15)25(20)24-14-16-10-11-17(22)13-18(16)23/h5-8,10-13,24H,2-4,9,14H2,1H3. The monoisotopic (exact) mass is 388 g/mol. The van der Waals surface area contributed by atoms with Gasteiger partial charge in [0.05, 0.1) is 12.1 Å². The topological polar surface area (TPSA) is 34.0 Å². The summed E-state index contributed by atoms with van der Waals surface area (Å²) < 4.78 is 1.88. The number of unbranched alkanes of at least 4 members (excludes halogenated alkanes) is 2. The van der Waals surface area contributed by atoms with Crippen LogP contribution < -0.4 is 5.43 Å². The largest absolute Gasteiger partial charge is 0.321 e. The van der Waals surface area contributed by atoms with Crippen LogP contribution in [0.4, 0.5) is 0 Å². The Labute approximate surface area is 163 Å². The van der Waals surface area contributed by atoms with Gasteiger partial charge in [0.15, 0.2) is 5.78 Å². The fraction of sp³-hybridized carbons (Fsp3) is 0.286. The molecule has 0 aliphatic heterocycles. The maximum atomic E-state index is 12.7. The van der Waals surface area contributed by atoms with Crippen molar-refractivity contribution in [2.75, 3.05) is 5.43 Å². The quantitative estimate of drug-likeness (QED) is 0.355. The van der Waals surface area contributed by atoms with Crippen molar-refractivity contribution in [2.24, 2.45) is 0 Å². The lowest BCUT2D eigenvalue weighted by Crippen LogP contribution is -2.19. The van der Waals surface area contributed by atoms with E-state index in [1.165, 1.54) is 0 Å². The van der Waals surface area contributed by atoms with Gasteiger partial charge in [-0.2, -0.15) is 0 Å². The van der Waals surface area contributed by atoms with Gasteiger partial charge < -0.3 is 5.43 Å². The zero-order chi connectivity index (χ0) is 18.5. The second-order valence-electron chi connectivity index (χ2n) is 6.37. The Bertz CT molecular complexity index is 918. The van der Waals surface area contributed by atoms with E-state index in [4.69, 9.17) is 23.2 Å². The van der Waals surface area contributed by atoms with Gasteiger partial charge in [-0.1, -0.05) is 67.2 Å². The van der Waals surface area contributed by atoms with Crippen LogP contribution in [0.15, 0.2) is 48.5 Å². The number of carbonyl (C=O) groups is 1. The molecular weight excluding hydrogens is 367 g/mol. The maximum absolute atomic E-state index is 12.7. The van der Waals surface area contributed by atoms with Crippen molar-refractivity contribution in [1.29, 1.82) is 0 Å². The number of carbonyl (C=O) groups excluding carboxylic acids is 1. The molecule has 0 radical (unpaired) electrons. The molecule has 0 bridgehead atoms. The molecule has 26 heavy (non-hydrogen) atoms. The van der Waals surface area contributed by atoms with E-state index >= 15 is 0 Å². The van der Waals surface area contributed by atoms with Crippen molar-refractivity contribution >= 4 is 39.9 Å². The lowest BCUT2D eigenvalue weighted by molar-refractivity contribution is 0.0972. The molecule has 2 aromatic carbocycles. The van der Waals surface area contributed by atoms with Gasteiger partial charge in [-0.05, 0) is 36.2 Å². The first-order valence-corrected chi connectivity index (χ1v) is 9.67. The molecule has 3 nitrogen and oxygen atoms in total. The number of Topliss-reactive ketones (excluding diaryl/α,β-unsaturated/α-hetero) is 1. The van der Waals surface area contributed by atoms with Crippen LogP contribution in [0.5, 0.6) is 0 Å². The lowest BCUT2D eigenvalue weighted by atomic mass is 10.1. The van der Waals surface area contributed by atoms with Crippen LogP contribution in [-0.2, 0) is 6.54 Å². The van der Waals surface area contributed by atoms with Crippen molar-refractivity contribution < 1.29 is 4.79 Å². The van der Waals surface area contributed by atoms with Crippen LogP contribution in [0, 0.1) is 0 Å². The van der Waals surface area contributed by atoms with E-state index in [-0.39, 0.29) is 5.78 Å². The van der Waals surface area contributed by atoms with Gasteiger partial charge in [0.25, 0.3) is 0 Å². The highest BCUT2D eigenvalue weighted by atomic mass is 35.5. The zero-order valence-electron chi connectivity index (χ0n) is 14.8. The minimum Gasteiger partial charge on any atom is -0.321 e. The predicted molar refractivity (Wildman–Crippen MR) is 110 cm³/mol. The second-order valence-corrected chi connectivity index (χ2v) is 7.22. The number of aromatic nitrogens is 1. The summed E-state index contributed by atoms with van der Waals surface area (Å²) in [6.07, 6.45) is 3.65. The Kier molecular flexibility index (Phi) is 6.23. The number of halogens is 2. The van der Waals surface area contributed by atoms with Crippen molar-refractivity contribution in [2.45, 2.75) is 39.2 Å². The van der Waals surface area contributed by atoms with Gasteiger partial charge >= 0.3 is 0 Å². The first-order valence-electron chi connectivity index (χ1n) is 8.91. The molecule has 0 unspecified atom stereocenters. The van der Waals surface area contributed by atoms with E-state index in [2.05, 4.69) is 12.3 Å². The van der Waals surface area contributed by atoms with Gasteiger partial charge in [0.2, 0.25) is 0 Å². The van der Waals surface area contributed by atoms with Crippen molar-refractivity contribution in [3.8, 4) is 0 Å². The second kappa shape index (κ2) is 8.61. The first-order chi connectivity index (χ1) is 12.6. The van der Waals surface area contributed by atoms with E-state index in [1.54, 1.807) is 6.07 Å². The Morgan fingerprint density at radius 1 is 1.08 bits per heavy atom. The number of fused-ring (bicyclic) bond motifs is 1. The zero-order valence-corrected chi connectivity index (χ0v) is 16.3. The van der Waals surface area contributed by atoms with Crippen LogP contribution in [0.3, 0.4) is 0 Å². The molecule has 0 spiro atoms. The third kappa shape index (κ3) is 4.22. The molecule has 0 fully saturated rings. The van der Waals surface area contributed by atoms with Gasteiger partial charge in [-0.15, -0.1) is 0 Å². The van der Waals surface area contributed by atoms with Gasteiger partial charge in [-0.25, -0.2) is 0 Å². The van der Waals surface area contributed by atoms with Crippen LogP contribution in [-0.4, -0.2) is 10.5 Å². The first kappa shape index (κ1) is 18.8. The van der Waals surface area contributed by atoms with Crippen molar-refractivity contribution in [3.05, 3.63) is 69.8 Å². The summed E-state index contributed by atoms with van der Waals surface area (Å²) in [5, 5.41) is 2.26. The molecule has 3 aromatic rings. The molecule has 136 valence electrons.